The molecule has 0 aliphatic carbocycles. The Morgan fingerprint density at radius 2 is 1.97 bits per heavy atom. The fraction of sp³-hybridized carbons (Fsp3) is 0.217. The van der Waals surface area contributed by atoms with Gasteiger partial charge in [-0.25, -0.2) is 8.78 Å². The first kappa shape index (κ1) is 20.4. The van der Waals surface area contributed by atoms with Crippen molar-refractivity contribution in [3.8, 4) is 17.2 Å². The van der Waals surface area contributed by atoms with Crippen LogP contribution in [0.2, 0.25) is 0 Å². The fourth-order valence-electron chi connectivity index (χ4n) is 3.71. The molecule has 0 bridgehead atoms. The van der Waals surface area contributed by atoms with E-state index in [1.165, 1.54) is 0 Å². The number of fused-ring (bicyclic) bond motifs is 1. The van der Waals surface area contributed by atoms with Gasteiger partial charge in [0.2, 0.25) is 5.91 Å². The highest BCUT2D eigenvalue weighted by molar-refractivity contribution is 6.02. The lowest BCUT2D eigenvalue weighted by atomic mass is 10.00. The van der Waals surface area contributed by atoms with Gasteiger partial charge in [0.25, 0.3) is 11.8 Å². The number of halogens is 2. The molecule has 0 radical (unpaired) electrons. The van der Waals surface area contributed by atoms with Crippen LogP contribution < -0.4 is 5.32 Å². The van der Waals surface area contributed by atoms with Crippen molar-refractivity contribution in [2.75, 3.05) is 13.1 Å². The van der Waals surface area contributed by atoms with Crippen molar-refractivity contribution in [1.29, 1.82) is 5.26 Å². The Hall–Kier alpha value is -3.86. The summed E-state index contributed by atoms with van der Waals surface area (Å²) in [6.45, 7) is -1.29. The number of hydrogen-bond donors (Lipinski definition) is 1. The first-order valence-electron chi connectivity index (χ1n) is 9.67. The van der Waals surface area contributed by atoms with Crippen LogP contribution in [0.15, 0.2) is 60.8 Å². The van der Waals surface area contributed by atoms with E-state index in [1.54, 1.807) is 30.5 Å². The van der Waals surface area contributed by atoms with E-state index in [0.717, 1.165) is 21.4 Å². The normalized spacial score (nSPS) is 17.3. The number of pyridine rings is 1. The van der Waals surface area contributed by atoms with Crippen LogP contribution in [0, 0.1) is 11.3 Å². The average molecular weight is 420 g/mol. The van der Waals surface area contributed by atoms with Crippen molar-refractivity contribution in [3.05, 3.63) is 66.4 Å². The van der Waals surface area contributed by atoms with Crippen LogP contribution in [0.5, 0.6) is 0 Å². The summed E-state index contributed by atoms with van der Waals surface area (Å²) in [5.74, 6) is -4.33. The number of nitrogens with one attached hydrogen (secondary N) is 1. The molecule has 1 N–H and O–H groups in total. The van der Waals surface area contributed by atoms with Crippen molar-refractivity contribution in [3.63, 3.8) is 0 Å². The van der Waals surface area contributed by atoms with Gasteiger partial charge < -0.3 is 10.2 Å². The zero-order chi connectivity index (χ0) is 22.0. The maximum atomic E-state index is 13.5. The zero-order valence-corrected chi connectivity index (χ0v) is 16.4. The monoisotopic (exact) mass is 420 g/mol. The lowest BCUT2D eigenvalue weighted by Gasteiger charge is -2.19. The van der Waals surface area contributed by atoms with Gasteiger partial charge in [0.1, 0.15) is 6.04 Å². The smallest absolute Gasteiger partial charge is 0.268 e. The number of hydrogen-bond acceptors (Lipinski definition) is 4. The predicted molar refractivity (Wildman–Crippen MR) is 110 cm³/mol. The van der Waals surface area contributed by atoms with Gasteiger partial charge in [-0.05, 0) is 35.4 Å². The van der Waals surface area contributed by atoms with Crippen LogP contribution in [-0.2, 0) is 4.79 Å². The number of carbonyl (C=O) groups excluding carboxylic acids is 2. The van der Waals surface area contributed by atoms with Crippen molar-refractivity contribution in [2.24, 2.45) is 0 Å². The molecule has 2 aromatic carbocycles. The number of benzene rings is 2. The molecule has 1 aromatic heterocycles. The Labute approximate surface area is 177 Å². The largest absolute Gasteiger partial charge is 0.343 e. The molecule has 1 atom stereocenters. The van der Waals surface area contributed by atoms with E-state index in [1.807, 2.05) is 36.4 Å². The van der Waals surface area contributed by atoms with Gasteiger partial charge in [0, 0.05) is 23.6 Å². The van der Waals surface area contributed by atoms with Crippen molar-refractivity contribution >= 4 is 22.7 Å². The molecule has 0 saturated carbocycles. The lowest BCUT2D eigenvalue weighted by molar-refractivity contribution is -0.131. The van der Waals surface area contributed by atoms with E-state index in [0.29, 0.717) is 11.1 Å². The minimum Gasteiger partial charge on any atom is -0.343 e. The van der Waals surface area contributed by atoms with E-state index < -0.39 is 43.3 Å². The number of likely N-dealkylation sites (tertiary alicyclic amines) is 1. The van der Waals surface area contributed by atoms with Gasteiger partial charge in [-0.2, -0.15) is 5.26 Å². The summed E-state index contributed by atoms with van der Waals surface area (Å²) in [6, 6.07) is 17.0. The second-order valence-corrected chi connectivity index (χ2v) is 7.37. The summed E-state index contributed by atoms with van der Waals surface area (Å²) in [7, 11) is 0. The molecule has 6 nitrogen and oxygen atoms in total. The highest BCUT2D eigenvalue weighted by atomic mass is 19.3. The van der Waals surface area contributed by atoms with Gasteiger partial charge in [0.05, 0.1) is 24.7 Å². The van der Waals surface area contributed by atoms with Gasteiger partial charge in [0.15, 0.2) is 0 Å². The number of aromatic nitrogens is 1. The van der Waals surface area contributed by atoms with E-state index in [-0.39, 0.29) is 0 Å². The summed E-state index contributed by atoms with van der Waals surface area (Å²) in [5.41, 5.74) is 2.91. The highest BCUT2D eigenvalue weighted by Gasteiger charge is 2.47. The third-order valence-electron chi connectivity index (χ3n) is 5.23. The SMILES string of the molecule is N#C[C@@H]1CC(F)(F)CN1C(=O)CNC(=O)c1ccc2nccc(-c3ccccc3)c2c1. The molecule has 1 aliphatic rings. The number of carbonyl (C=O) groups is 2. The maximum Gasteiger partial charge on any atom is 0.268 e. The first-order valence-corrected chi connectivity index (χ1v) is 9.67. The number of rotatable bonds is 4. The molecular formula is C23H18F2N4O2. The minimum absolute atomic E-state index is 0.314. The molecule has 0 unspecified atom stereocenters. The van der Waals surface area contributed by atoms with Crippen LogP contribution in [0.3, 0.4) is 0 Å². The number of amides is 2. The van der Waals surface area contributed by atoms with Gasteiger partial charge in [-0.1, -0.05) is 30.3 Å². The molecule has 31 heavy (non-hydrogen) atoms. The molecule has 8 heteroatoms. The Kier molecular flexibility index (Phi) is 5.34. The number of nitrogens with zero attached hydrogens (tertiary/aromatic N) is 3. The van der Waals surface area contributed by atoms with Gasteiger partial charge in [-0.15, -0.1) is 0 Å². The Bertz CT molecular complexity index is 1190. The van der Waals surface area contributed by atoms with Crippen LogP contribution in [0.1, 0.15) is 16.8 Å². The summed E-state index contributed by atoms with van der Waals surface area (Å²) >= 11 is 0. The van der Waals surface area contributed by atoms with Crippen molar-refractivity contribution in [2.45, 2.75) is 18.4 Å². The van der Waals surface area contributed by atoms with Gasteiger partial charge >= 0.3 is 0 Å². The standard InChI is InChI=1S/C23H18F2N4O2/c24-23(25)11-17(12-26)29(14-23)21(30)13-28-22(31)16-6-7-20-19(10-16)18(8-9-27-20)15-4-2-1-3-5-15/h1-10,17H,11,13-14H2,(H,28,31)/t17-/m0/s1. The quantitative estimate of drug-likeness (QED) is 0.701. The molecule has 156 valence electrons. The molecular weight excluding hydrogens is 402 g/mol. The van der Waals surface area contributed by atoms with Crippen LogP contribution in [0.4, 0.5) is 8.78 Å². The third kappa shape index (κ3) is 4.21. The molecule has 1 saturated heterocycles. The Balaban J connectivity index is 1.52. The van der Waals surface area contributed by atoms with Crippen molar-refractivity contribution < 1.29 is 18.4 Å². The Morgan fingerprint density at radius 1 is 1.19 bits per heavy atom. The van der Waals surface area contributed by atoms with Crippen LogP contribution in [0.25, 0.3) is 22.0 Å². The maximum absolute atomic E-state index is 13.5. The van der Waals surface area contributed by atoms with E-state index in [2.05, 4.69) is 10.3 Å². The van der Waals surface area contributed by atoms with Crippen molar-refractivity contribution in [1.82, 2.24) is 15.2 Å². The topological polar surface area (TPSA) is 86.1 Å². The summed E-state index contributed by atoms with van der Waals surface area (Å²) in [5, 5.41) is 12.3. The Morgan fingerprint density at radius 3 is 2.71 bits per heavy atom. The van der Waals surface area contributed by atoms with E-state index >= 15 is 0 Å². The lowest BCUT2D eigenvalue weighted by Crippen LogP contribution is -2.42. The predicted octanol–water partition coefficient (Wildman–Crippen LogP) is 3.39. The van der Waals surface area contributed by atoms with Gasteiger partial charge in [-0.3, -0.25) is 14.6 Å². The summed E-state index contributed by atoms with van der Waals surface area (Å²) in [4.78, 5) is 30.1. The molecule has 0 spiro atoms. The molecule has 2 amide bonds. The first-order chi connectivity index (χ1) is 14.9. The second-order valence-electron chi connectivity index (χ2n) is 7.37. The van der Waals surface area contributed by atoms with Crippen LogP contribution in [-0.4, -0.2) is 46.8 Å². The summed E-state index contributed by atoms with van der Waals surface area (Å²) in [6.07, 6.45) is 1.00. The average Bonchev–Trinajstić information content (AvgIpc) is 3.11. The minimum atomic E-state index is -3.10. The molecule has 1 aliphatic heterocycles. The molecule has 1 fully saturated rings. The zero-order valence-electron chi connectivity index (χ0n) is 16.4. The second kappa shape index (κ2) is 8.11. The molecule has 4 rings (SSSR count). The van der Waals surface area contributed by atoms with E-state index in [9.17, 15) is 18.4 Å². The third-order valence-corrected chi connectivity index (χ3v) is 5.23. The van der Waals surface area contributed by atoms with E-state index in [4.69, 9.17) is 5.26 Å². The molecule has 3 aromatic rings. The fourth-order valence-corrected chi connectivity index (χ4v) is 3.71. The highest BCUT2D eigenvalue weighted by Crippen LogP contribution is 2.31. The number of nitriles is 1. The number of alkyl halides is 2. The summed E-state index contributed by atoms with van der Waals surface area (Å²) < 4.78 is 27.1. The van der Waals surface area contributed by atoms with Crippen LogP contribution >= 0.6 is 0 Å². The molecule has 2 heterocycles.